The standard InChI is InChI=1S/C6H8N2.3ClH/c7-6-2-1-4-8-5-3-6;;;/h1-5,8H,7H2;3*1H. The van der Waals surface area contributed by atoms with Crippen LogP contribution in [0, 0.1) is 0 Å². The van der Waals surface area contributed by atoms with Crippen LogP contribution in [0.2, 0.25) is 0 Å². The molecule has 11 heavy (non-hydrogen) atoms. The van der Waals surface area contributed by atoms with E-state index in [0.717, 1.165) is 5.70 Å². The van der Waals surface area contributed by atoms with Gasteiger partial charge in [-0.05, 0) is 18.2 Å². The van der Waals surface area contributed by atoms with Crippen LogP contribution in [0.3, 0.4) is 0 Å². The molecule has 1 rings (SSSR count). The average Bonchev–Trinajstić information content (AvgIpc) is 1.94. The Morgan fingerprint density at radius 1 is 1.09 bits per heavy atom. The molecule has 0 radical (unpaired) electrons. The van der Waals surface area contributed by atoms with E-state index < -0.39 is 0 Å². The minimum absolute atomic E-state index is 0. The summed E-state index contributed by atoms with van der Waals surface area (Å²) in [5, 5.41) is 2.88. The highest BCUT2D eigenvalue weighted by molar-refractivity contribution is 5.86. The Bertz CT molecular complexity index is 163. The maximum absolute atomic E-state index is 5.42. The number of nitrogens with two attached hydrogens (primary N) is 1. The molecule has 1 aliphatic heterocycles. The van der Waals surface area contributed by atoms with Gasteiger partial charge < -0.3 is 11.1 Å². The Morgan fingerprint density at radius 3 is 2.36 bits per heavy atom. The van der Waals surface area contributed by atoms with Crippen molar-refractivity contribution in [3.63, 3.8) is 0 Å². The van der Waals surface area contributed by atoms with Crippen LogP contribution in [0.15, 0.2) is 36.3 Å². The van der Waals surface area contributed by atoms with Crippen molar-refractivity contribution in [2.75, 3.05) is 0 Å². The summed E-state index contributed by atoms with van der Waals surface area (Å²) in [6.45, 7) is 0. The molecule has 1 aliphatic rings. The van der Waals surface area contributed by atoms with E-state index in [0.29, 0.717) is 0 Å². The molecular weight excluding hydrogens is 206 g/mol. The predicted molar refractivity (Wildman–Crippen MR) is 55.4 cm³/mol. The zero-order valence-corrected chi connectivity index (χ0v) is 8.14. The molecule has 0 saturated carbocycles. The summed E-state index contributed by atoms with van der Waals surface area (Å²) < 4.78 is 0. The lowest BCUT2D eigenvalue weighted by Crippen LogP contribution is -1.92. The molecule has 0 aromatic heterocycles. The molecule has 0 spiro atoms. The molecule has 66 valence electrons. The van der Waals surface area contributed by atoms with Gasteiger partial charge in [0, 0.05) is 18.1 Å². The summed E-state index contributed by atoms with van der Waals surface area (Å²) in [5.74, 6) is 0. The van der Waals surface area contributed by atoms with Gasteiger partial charge in [0.25, 0.3) is 0 Å². The van der Waals surface area contributed by atoms with Crippen molar-refractivity contribution in [3.05, 3.63) is 36.3 Å². The first-order chi connectivity index (χ1) is 3.89. The van der Waals surface area contributed by atoms with Gasteiger partial charge in [0.05, 0.1) is 0 Å². The van der Waals surface area contributed by atoms with E-state index in [9.17, 15) is 0 Å². The fourth-order valence-electron chi connectivity index (χ4n) is 0.470. The van der Waals surface area contributed by atoms with Gasteiger partial charge >= 0.3 is 0 Å². The minimum atomic E-state index is 0. The smallest absolute Gasteiger partial charge is 0.0329 e. The van der Waals surface area contributed by atoms with Crippen LogP contribution in [0.25, 0.3) is 0 Å². The molecule has 0 bridgehead atoms. The van der Waals surface area contributed by atoms with Gasteiger partial charge in [-0.1, -0.05) is 0 Å². The van der Waals surface area contributed by atoms with Crippen molar-refractivity contribution in [1.29, 1.82) is 0 Å². The van der Waals surface area contributed by atoms with Gasteiger partial charge in [-0.15, -0.1) is 37.2 Å². The lowest BCUT2D eigenvalue weighted by Gasteiger charge is -1.83. The maximum atomic E-state index is 5.42. The average molecular weight is 218 g/mol. The van der Waals surface area contributed by atoms with Crippen molar-refractivity contribution in [3.8, 4) is 0 Å². The summed E-state index contributed by atoms with van der Waals surface area (Å²) in [5.41, 5.74) is 6.19. The third kappa shape index (κ3) is 7.59. The highest BCUT2D eigenvalue weighted by Crippen LogP contribution is 1.89. The second-order valence-corrected chi connectivity index (χ2v) is 1.53. The second-order valence-electron chi connectivity index (χ2n) is 1.53. The van der Waals surface area contributed by atoms with Gasteiger partial charge in [0.1, 0.15) is 0 Å². The van der Waals surface area contributed by atoms with Gasteiger partial charge in [-0.2, -0.15) is 0 Å². The van der Waals surface area contributed by atoms with Crippen molar-refractivity contribution in [2.24, 2.45) is 5.73 Å². The van der Waals surface area contributed by atoms with Crippen molar-refractivity contribution in [2.45, 2.75) is 0 Å². The molecule has 0 aromatic carbocycles. The monoisotopic (exact) mass is 216 g/mol. The molecule has 0 saturated heterocycles. The molecule has 0 unspecified atom stereocenters. The van der Waals surface area contributed by atoms with Crippen LogP contribution < -0.4 is 11.1 Å². The van der Waals surface area contributed by atoms with E-state index in [1.807, 2.05) is 18.4 Å². The molecule has 5 heteroatoms. The van der Waals surface area contributed by atoms with E-state index in [2.05, 4.69) is 5.32 Å². The fraction of sp³-hybridized carbons (Fsp3) is 0. The van der Waals surface area contributed by atoms with E-state index in [1.54, 1.807) is 12.3 Å². The van der Waals surface area contributed by atoms with Gasteiger partial charge in [0.2, 0.25) is 0 Å². The minimum Gasteiger partial charge on any atom is -0.399 e. The molecule has 0 aliphatic carbocycles. The highest BCUT2D eigenvalue weighted by Gasteiger charge is 1.79. The Labute approximate surface area is 84.8 Å². The molecule has 0 aromatic rings. The Balaban J connectivity index is -0.000000213. The molecule has 0 fully saturated rings. The largest absolute Gasteiger partial charge is 0.399 e. The van der Waals surface area contributed by atoms with Gasteiger partial charge in [0.15, 0.2) is 0 Å². The number of hydrogen-bond acceptors (Lipinski definition) is 2. The quantitative estimate of drug-likeness (QED) is 0.648. The summed E-state index contributed by atoms with van der Waals surface area (Å²) in [6, 6.07) is 0. The maximum Gasteiger partial charge on any atom is 0.0329 e. The Morgan fingerprint density at radius 2 is 1.73 bits per heavy atom. The zero-order chi connectivity index (χ0) is 5.82. The Kier molecular flexibility index (Phi) is 15.0. The van der Waals surface area contributed by atoms with Gasteiger partial charge in [-0.25, -0.2) is 0 Å². The van der Waals surface area contributed by atoms with E-state index in [1.165, 1.54) is 0 Å². The van der Waals surface area contributed by atoms with E-state index in [4.69, 9.17) is 5.73 Å². The number of rotatable bonds is 0. The first kappa shape index (κ1) is 17.0. The highest BCUT2D eigenvalue weighted by atomic mass is 35.5. The summed E-state index contributed by atoms with van der Waals surface area (Å²) >= 11 is 0. The van der Waals surface area contributed by atoms with Crippen molar-refractivity contribution >= 4 is 37.2 Å². The second kappa shape index (κ2) is 9.69. The van der Waals surface area contributed by atoms with E-state index in [-0.39, 0.29) is 37.2 Å². The van der Waals surface area contributed by atoms with Crippen LogP contribution in [-0.4, -0.2) is 0 Å². The van der Waals surface area contributed by atoms with Crippen LogP contribution in [0.4, 0.5) is 0 Å². The number of hydrogen-bond donors (Lipinski definition) is 2. The predicted octanol–water partition coefficient (Wildman–Crippen LogP) is 1.73. The molecule has 1 heterocycles. The van der Waals surface area contributed by atoms with Crippen LogP contribution in [0.5, 0.6) is 0 Å². The SMILES string of the molecule is Cl.Cl.Cl.NC1=CC=CNC=C1. The molecular formula is C6H11Cl3N2. The lowest BCUT2D eigenvalue weighted by atomic mass is 10.4. The number of nitrogens with one attached hydrogen (secondary N) is 1. The van der Waals surface area contributed by atoms with E-state index >= 15 is 0 Å². The fourth-order valence-corrected chi connectivity index (χ4v) is 0.470. The first-order valence-electron chi connectivity index (χ1n) is 2.44. The van der Waals surface area contributed by atoms with Crippen LogP contribution >= 0.6 is 37.2 Å². The van der Waals surface area contributed by atoms with Crippen molar-refractivity contribution in [1.82, 2.24) is 5.32 Å². The zero-order valence-electron chi connectivity index (χ0n) is 5.69. The normalized spacial score (nSPS) is 12.2. The molecule has 0 atom stereocenters. The molecule has 2 nitrogen and oxygen atoms in total. The first-order valence-corrected chi connectivity index (χ1v) is 2.44. The summed E-state index contributed by atoms with van der Waals surface area (Å²) in [6.07, 6.45) is 9.09. The lowest BCUT2D eigenvalue weighted by molar-refractivity contribution is 1.20. The topological polar surface area (TPSA) is 38.0 Å². The van der Waals surface area contributed by atoms with Crippen molar-refractivity contribution < 1.29 is 0 Å². The number of allylic oxidation sites excluding steroid dienone is 3. The number of halogens is 3. The summed E-state index contributed by atoms with van der Waals surface area (Å²) in [7, 11) is 0. The van der Waals surface area contributed by atoms with Crippen LogP contribution in [0.1, 0.15) is 0 Å². The van der Waals surface area contributed by atoms with Gasteiger partial charge in [-0.3, -0.25) is 0 Å². The Hall–Kier alpha value is -0.310. The van der Waals surface area contributed by atoms with Crippen LogP contribution in [-0.2, 0) is 0 Å². The third-order valence-corrected chi connectivity index (χ3v) is 0.853. The molecule has 3 N–H and O–H groups in total. The molecule has 0 amide bonds. The third-order valence-electron chi connectivity index (χ3n) is 0.853. The summed E-state index contributed by atoms with van der Waals surface area (Å²) in [4.78, 5) is 0.